The normalized spacial score (nSPS) is 12.9. The van der Waals surface area contributed by atoms with Crippen molar-refractivity contribution in [2.45, 2.75) is 18.9 Å². The molecule has 0 amide bonds. The molecular weight excluding hydrogens is 310 g/mol. The molecule has 1 aromatic carbocycles. The van der Waals surface area contributed by atoms with Gasteiger partial charge in [-0.25, -0.2) is 0 Å². The van der Waals surface area contributed by atoms with E-state index < -0.39 is 0 Å². The van der Waals surface area contributed by atoms with Crippen molar-refractivity contribution in [2.75, 3.05) is 34.2 Å². The second-order valence-corrected chi connectivity index (χ2v) is 6.26. The highest BCUT2D eigenvalue weighted by molar-refractivity contribution is 5.79. The van der Waals surface area contributed by atoms with Gasteiger partial charge >= 0.3 is 0 Å². The van der Waals surface area contributed by atoms with Crippen molar-refractivity contribution in [1.82, 2.24) is 20.5 Å². The molecule has 1 atom stereocenters. The van der Waals surface area contributed by atoms with Crippen LogP contribution in [0.25, 0.3) is 0 Å². The molecule has 0 radical (unpaired) electrons. The fourth-order valence-corrected chi connectivity index (χ4v) is 2.61. The van der Waals surface area contributed by atoms with Gasteiger partial charge in [-0.15, -0.1) is 0 Å². The lowest BCUT2D eigenvalue weighted by atomic mass is 10.1. The number of aromatic nitrogens is 1. The van der Waals surface area contributed by atoms with Gasteiger partial charge in [0.25, 0.3) is 0 Å². The molecule has 0 saturated carbocycles. The van der Waals surface area contributed by atoms with Crippen molar-refractivity contribution in [3.05, 3.63) is 66.0 Å². The standard InChI is InChI=1S/C20H29N5/c1-21-20(23-14-12-18-11-7-8-13-22-18)24-16-19(25(2)3)15-17-9-5-4-6-10-17/h4-11,13,19H,12,14-16H2,1-3H3,(H2,21,23,24). The van der Waals surface area contributed by atoms with Gasteiger partial charge in [-0.3, -0.25) is 9.98 Å². The molecule has 0 aliphatic carbocycles. The Balaban J connectivity index is 1.79. The third kappa shape index (κ3) is 6.93. The lowest BCUT2D eigenvalue weighted by Gasteiger charge is -2.25. The van der Waals surface area contributed by atoms with Gasteiger partial charge < -0.3 is 15.5 Å². The maximum absolute atomic E-state index is 4.34. The molecule has 0 saturated heterocycles. The first-order chi connectivity index (χ1) is 12.2. The first-order valence-corrected chi connectivity index (χ1v) is 8.74. The van der Waals surface area contributed by atoms with E-state index in [-0.39, 0.29) is 0 Å². The van der Waals surface area contributed by atoms with Crippen LogP contribution in [0.15, 0.2) is 59.7 Å². The molecule has 0 aliphatic rings. The predicted molar refractivity (Wildman–Crippen MR) is 105 cm³/mol. The van der Waals surface area contributed by atoms with E-state index in [0.29, 0.717) is 6.04 Å². The maximum atomic E-state index is 4.34. The molecule has 134 valence electrons. The van der Waals surface area contributed by atoms with Crippen molar-refractivity contribution in [1.29, 1.82) is 0 Å². The summed E-state index contributed by atoms with van der Waals surface area (Å²) in [5.41, 5.74) is 2.43. The van der Waals surface area contributed by atoms with Gasteiger partial charge in [0, 0.05) is 44.5 Å². The van der Waals surface area contributed by atoms with E-state index in [1.165, 1.54) is 5.56 Å². The Labute approximate surface area is 151 Å². The quantitative estimate of drug-likeness (QED) is 0.570. The molecule has 2 N–H and O–H groups in total. The third-order valence-corrected chi connectivity index (χ3v) is 4.17. The first-order valence-electron chi connectivity index (χ1n) is 8.74. The monoisotopic (exact) mass is 339 g/mol. The van der Waals surface area contributed by atoms with Crippen LogP contribution in [0.4, 0.5) is 0 Å². The van der Waals surface area contributed by atoms with Crippen LogP contribution in [-0.4, -0.2) is 56.1 Å². The minimum Gasteiger partial charge on any atom is -0.356 e. The van der Waals surface area contributed by atoms with Gasteiger partial charge in [-0.05, 0) is 38.2 Å². The molecule has 2 aromatic rings. The number of hydrogen-bond acceptors (Lipinski definition) is 3. The van der Waals surface area contributed by atoms with Gasteiger partial charge in [-0.2, -0.15) is 0 Å². The van der Waals surface area contributed by atoms with E-state index in [9.17, 15) is 0 Å². The summed E-state index contributed by atoms with van der Waals surface area (Å²) in [6.07, 6.45) is 3.71. The van der Waals surface area contributed by atoms with Gasteiger partial charge in [0.05, 0.1) is 0 Å². The first kappa shape index (κ1) is 18.9. The van der Waals surface area contributed by atoms with E-state index in [1.54, 1.807) is 7.05 Å². The summed E-state index contributed by atoms with van der Waals surface area (Å²) in [6, 6.07) is 17.0. The number of pyridine rings is 1. The molecule has 1 heterocycles. The van der Waals surface area contributed by atoms with Gasteiger partial charge in [0.1, 0.15) is 0 Å². The molecule has 5 nitrogen and oxygen atoms in total. The van der Waals surface area contributed by atoms with Gasteiger partial charge in [0.2, 0.25) is 0 Å². The summed E-state index contributed by atoms with van der Waals surface area (Å²) in [4.78, 5) is 10.9. The second kappa shape index (κ2) is 10.5. The van der Waals surface area contributed by atoms with Crippen LogP contribution in [-0.2, 0) is 12.8 Å². The summed E-state index contributed by atoms with van der Waals surface area (Å²) in [5, 5.41) is 6.79. The number of likely N-dealkylation sites (N-methyl/N-ethyl adjacent to an activating group) is 1. The smallest absolute Gasteiger partial charge is 0.191 e. The topological polar surface area (TPSA) is 52.6 Å². The number of guanidine groups is 1. The summed E-state index contributed by atoms with van der Waals surface area (Å²) in [7, 11) is 6.04. The zero-order valence-electron chi connectivity index (χ0n) is 15.4. The SMILES string of the molecule is CN=C(NCCc1ccccn1)NCC(Cc1ccccc1)N(C)C. The number of benzene rings is 1. The highest BCUT2D eigenvalue weighted by Crippen LogP contribution is 2.06. The van der Waals surface area contributed by atoms with Crippen LogP contribution in [0.2, 0.25) is 0 Å². The number of nitrogens with one attached hydrogen (secondary N) is 2. The lowest BCUT2D eigenvalue weighted by molar-refractivity contribution is 0.290. The number of rotatable bonds is 8. The van der Waals surface area contributed by atoms with Gasteiger partial charge in [-0.1, -0.05) is 36.4 Å². The summed E-state index contributed by atoms with van der Waals surface area (Å²) in [5.74, 6) is 0.829. The Hall–Kier alpha value is -2.40. The number of hydrogen-bond donors (Lipinski definition) is 2. The minimum absolute atomic E-state index is 0.400. The van der Waals surface area contributed by atoms with Crippen molar-refractivity contribution in [2.24, 2.45) is 4.99 Å². The largest absolute Gasteiger partial charge is 0.356 e. The Morgan fingerprint density at radius 2 is 1.84 bits per heavy atom. The average molecular weight is 339 g/mol. The molecular formula is C20H29N5. The zero-order valence-corrected chi connectivity index (χ0v) is 15.4. The van der Waals surface area contributed by atoms with Crippen LogP contribution in [0.5, 0.6) is 0 Å². The lowest BCUT2D eigenvalue weighted by Crippen LogP contribution is -2.46. The minimum atomic E-state index is 0.400. The Morgan fingerprint density at radius 3 is 2.48 bits per heavy atom. The Kier molecular flexibility index (Phi) is 7.92. The molecule has 25 heavy (non-hydrogen) atoms. The van der Waals surface area contributed by atoms with Crippen molar-refractivity contribution in [3.8, 4) is 0 Å². The van der Waals surface area contributed by atoms with E-state index in [1.807, 2.05) is 24.4 Å². The number of nitrogens with zero attached hydrogens (tertiary/aromatic N) is 3. The van der Waals surface area contributed by atoms with Crippen LogP contribution >= 0.6 is 0 Å². The highest BCUT2D eigenvalue weighted by atomic mass is 15.2. The average Bonchev–Trinajstić information content (AvgIpc) is 2.65. The van der Waals surface area contributed by atoms with Crippen LogP contribution < -0.4 is 10.6 Å². The predicted octanol–water partition coefficient (Wildman–Crippen LogP) is 1.96. The Morgan fingerprint density at radius 1 is 1.08 bits per heavy atom. The molecule has 5 heteroatoms. The van der Waals surface area contributed by atoms with Crippen LogP contribution in [0.3, 0.4) is 0 Å². The fraction of sp³-hybridized carbons (Fsp3) is 0.400. The van der Waals surface area contributed by atoms with Crippen molar-refractivity contribution in [3.63, 3.8) is 0 Å². The van der Waals surface area contributed by atoms with Crippen LogP contribution in [0.1, 0.15) is 11.3 Å². The zero-order chi connectivity index (χ0) is 17.9. The molecule has 0 aliphatic heterocycles. The van der Waals surface area contributed by atoms with Crippen LogP contribution in [0, 0.1) is 0 Å². The van der Waals surface area contributed by atoms with Crippen molar-refractivity contribution >= 4 is 5.96 Å². The molecule has 0 spiro atoms. The second-order valence-electron chi connectivity index (χ2n) is 6.26. The molecule has 0 fully saturated rings. The summed E-state index contributed by atoms with van der Waals surface area (Å²) in [6.45, 7) is 1.65. The third-order valence-electron chi connectivity index (χ3n) is 4.17. The van der Waals surface area contributed by atoms with Crippen molar-refractivity contribution < 1.29 is 0 Å². The van der Waals surface area contributed by atoms with E-state index in [0.717, 1.165) is 37.6 Å². The summed E-state index contributed by atoms with van der Waals surface area (Å²) >= 11 is 0. The Bertz CT molecular complexity index is 625. The molecule has 2 rings (SSSR count). The van der Waals surface area contributed by atoms with Gasteiger partial charge in [0.15, 0.2) is 5.96 Å². The molecule has 1 unspecified atom stereocenters. The molecule has 0 bridgehead atoms. The summed E-state index contributed by atoms with van der Waals surface area (Å²) < 4.78 is 0. The van der Waals surface area contributed by atoms with E-state index in [4.69, 9.17) is 0 Å². The van der Waals surface area contributed by atoms with E-state index in [2.05, 4.69) is 69.9 Å². The maximum Gasteiger partial charge on any atom is 0.191 e. The number of aliphatic imine (C=N–C) groups is 1. The highest BCUT2D eigenvalue weighted by Gasteiger charge is 2.12. The fourth-order valence-electron chi connectivity index (χ4n) is 2.61. The molecule has 1 aromatic heterocycles. The van der Waals surface area contributed by atoms with E-state index >= 15 is 0 Å².